The minimum Gasteiger partial charge on any atom is -0.496 e. The molecule has 0 saturated heterocycles. The van der Waals surface area contributed by atoms with Gasteiger partial charge in [0.05, 0.1) is 23.9 Å². The fourth-order valence-corrected chi connectivity index (χ4v) is 2.65. The van der Waals surface area contributed by atoms with Gasteiger partial charge in [0, 0.05) is 3.57 Å². The fourth-order valence-electron chi connectivity index (χ4n) is 1.96. The quantitative estimate of drug-likeness (QED) is 0.484. The summed E-state index contributed by atoms with van der Waals surface area (Å²) in [5.74, 6) is -1.12. The Hall–Kier alpha value is -2.20. The third-order valence-corrected chi connectivity index (χ3v) is 3.91. The Morgan fingerprint density at radius 3 is 2.54 bits per heavy atom. The lowest BCUT2D eigenvalue weighted by molar-refractivity contribution is 0.0697. The average Bonchev–Trinajstić information content (AvgIpc) is 2.56. The Balaban J connectivity index is 2.14. The molecule has 2 rings (SSSR count). The maximum Gasteiger partial charge on any atom is 0.337 e. The van der Waals surface area contributed by atoms with Gasteiger partial charge in [0.15, 0.2) is 5.11 Å². The van der Waals surface area contributed by atoms with E-state index in [-0.39, 0.29) is 10.7 Å². The number of hydrogen-bond donors (Lipinski definition) is 3. The Morgan fingerprint density at radius 1 is 1.17 bits per heavy atom. The van der Waals surface area contributed by atoms with Crippen LogP contribution < -0.4 is 15.4 Å². The number of aromatic carboxylic acids is 1. The minimum atomic E-state index is -1.09. The lowest BCUT2D eigenvalue weighted by Crippen LogP contribution is -2.34. The first kappa shape index (κ1) is 18.1. The molecular weight excluding hydrogens is 443 g/mol. The summed E-state index contributed by atoms with van der Waals surface area (Å²) in [4.78, 5) is 23.6. The molecule has 124 valence electrons. The Kier molecular flexibility index (Phi) is 6.10. The van der Waals surface area contributed by atoms with Gasteiger partial charge in [-0.2, -0.15) is 0 Å². The van der Waals surface area contributed by atoms with Gasteiger partial charge in [0.2, 0.25) is 0 Å². The monoisotopic (exact) mass is 456 g/mol. The zero-order chi connectivity index (χ0) is 17.7. The number of benzene rings is 2. The highest BCUT2D eigenvalue weighted by atomic mass is 127. The molecule has 2 aromatic carbocycles. The van der Waals surface area contributed by atoms with Crippen LogP contribution in [0.1, 0.15) is 20.7 Å². The van der Waals surface area contributed by atoms with E-state index < -0.39 is 11.9 Å². The number of carboxylic acid groups (broad SMARTS) is 1. The molecule has 0 aliphatic heterocycles. The first-order valence-corrected chi connectivity index (χ1v) is 8.19. The molecule has 0 aliphatic rings. The van der Waals surface area contributed by atoms with E-state index in [1.54, 1.807) is 36.4 Å². The number of amides is 1. The van der Waals surface area contributed by atoms with Crippen molar-refractivity contribution in [2.45, 2.75) is 0 Å². The molecule has 0 bridgehead atoms. The summed E-state index contributed by atoms with van der Waals surface area (Å²) < 4.78 is 5.90. The zero-order valence-corrected chi connectivity index (χ0v) is 15.5. The lowest BCUT2D eigenvalue weighted by atomic mass is 10.2. The molecule has 6 nitrogen and oxygen atoms in total. The largest absolute Gasteiger partial charge is 0.496 e. The summed E-state index contributed by atoms with van der Waals surface area (Å²) in [7, 11) is 1.47. The van der Waals surface area contributed by atoms with E-state index in [1.165, 1.54) is 13.2 Å². The highest BCUT2D eigenvalue weighted by Gasteiger charge is 2.15. The molecule has 0 atom stereocenters. The number of methoxy groups -OCH3 is 1. The van der Waals surface area contributed by atoms with Gasteiger partial charge in [-0.05, 0) is 65.1 Å². The lowest BCUT2D eigenvalue weighted by Gasteiger charge is -2.13. The predicted molar refractivity (Wildman–Crippen MR) is 103 cm³/mol. The average molecular weight is 456 g/mol. The third-order valence-electron chi connectivity index (χ3n) is 3.04. The smallest absolute Gasteiger partial charge is 0.337 e. The first-order chi connectivity index (χ1) is 11.4. The summed E-state index contributed by atoms with van der Waals surface area (Å²) in [6.45, 7) is 0. The van der Waals surface area contributed by atoms with Crippen LogP contribution in [0.25, 0.3) is 0 Å². The number of carboxylic acids is 1. The summed E-state index contributed by atoms with van der Waals surface area (Å²) in [5.41, 5.74) is 0.689. The molecule has 0 unspecified atom stereocenters. The van der Waals surface area contributed by atoms with Crippen molar-refractivity contribution in [2.24, 2.45) is 0 Å². The van der Waals surface area contributed by atoms with Crippen LogP contribution >= 0.6 is 34.8 Å². The van der Waals surface area contributed by atoms with Gasteiger partial charge in [0.1, 0.15) is 5.75 Å². The molecule has 0 aliphatic carbocycles. The molecule has 0 fully saturated rings. The van der Waals surface area contributed by atoms with Crippen molar-refractivity contribution in [3.05, 3.63) is 57.2 Å². The van der Waals surface area contributed by atoms with Gasteiger partial charge >= 0.3 is 5.97 Å². The number of rotatable bonds is 4. The van der Waals surface area contributed by atoms with Gasteiger partial charge in [-0.3, -0.25) is 10.1 Å². The molecule has 24 heavy (non-hydrogen) atoms. The Labute approximate surface area is 157 Å². The van der Waals surface area contributed by atoms with Gasteiger partial charge < -0.3 is 15.2 Å². The van der Waals surface area contributed by atoms with E-state index in [9.17, 15) is 14.7 Å². The van der Waals surface area contributed by atoms with Gasteiger partial charge in [-0.15, -0.1) is 0 Å². The molecular formula is C16H13IN2O4S. The molecule has 0 saturated carbocycles. The van der Waals surface area contributed by atoms with Crippen LogP contribution in [0.3, 0.4) is 0 Å². The van der Waals surface area contributed by atoms with E-state index in [1.807, 2.05) is 22.6 Å². The highest BCUT2D eigenvalue weighted by Crippen LogP contribution is 2.20. The van der Waals surface area contributed by atoms with Crippen LogP contribution in [0.2, 0.25) is 0 Å². The van der Waals surface area contributed by atoms with Crippen molar-refractivity contribution in [2.75, 3.05) is 12.4 Å². The van der Waals surface area contributed by atoms with Crippen LogP contribution in [0, 0.1) is 3.57 Å². The summed E-state index contributed by atoms with van der Waals surface area (Å²) in [6.07, 6.45) is 0. The van der Waals surface area contributed by atoms with Crippen molar-refractivity contribution in [3.63, 3.8) is 0 Å². The summed E-state index contributed by atoms with van der Waals surface area (Å²) >= 11 is 7.11. The number of carbonyl (C=O) groups excluding carboxylic acids is 1. The van der Waals surface area contributed by atoms with E-state index in [0.717, 1.165) is 3.57 Å². The van der Waals surface area contributed by atoms with Crippen LogP contribution in [0.15, 0.2) is 42.5 Å². The second-order valence-corrected chi connectivity index (χ2v) is 6.26. The van der Waals surface area contributed by atoms with Crippen LogP contribution in [0.5, 0.6) is 5.75 Å². The second-order valence-electron chi connectivity index (χ2n) is 4.60. The molecule has 0 aromatic heterocycles. The maximum atomic E-state index is 12.3. The van der Waals surface area contributed by atoms with Crippen LogP contribution in [-0.2, 0) is 0 Å². The molecule has 0 radical (unpaired) electrons. The standard InChI is InChI=1S/C16H13IN2O4S/c1-23-13-5-3-2-4-10(13)14(20)19-16(24)18-12-7-6-9(17)8-11(12)15(21)22/h2-8H,1H3,(H,21,22)(H2,18,19,20,24). The van der Waals surface area contributed by atoms with Crippen molar-refractivity contribution >= 4 is 57.5 Å². The number of halogens is 1. The highest BCUT2D eigenvalue weighted by molar-refractivity contribution is 14.1. The predicted octanol–water partition coefficient (Wildman–Crippen LogP) is 3.12. The van der Waals surface area contributed by atoms with E-state index in [0.29, 0.717) is 17.0 Å². The number of nitrogens with one attached hydrogen (secondary N) is 2. The van der Waals surface area contributed by atoms with E-state index >= 15 is 0 Å². The minimum absolute atomic E-state index is 0.00499. The molecule has 3 N–H and O–H groups in total. The fraction of sp³-hybridized carbons (Fsp3) is 0.0625. The molecule has 1 amide bonds. The topological polar surface area (TPSA) is 87.7 Å². The van der Waals surface area contributed by atoms with Gasteiger partial charge in [0.25, 0.3) is 5.91 Å². The molecule has 8 heteroatoms. The normalized spacial score (nSPS) is 9.92. The van der Waals surface area contributed by atoms with Crippen molar-refractivity contribution in [3.8, 4) is 5.75 Å². The van der Waals surface area contributed by atoms with Crippen LogP contribution in [-0.4, -0.2) is 29.2 Å². The zero-order valence-electron chi connectivity index (χ0n) is 12.5. The number of para-hydroxylation sites is 1. The number of anilines is 1. The van der Waals surface area contributed by atoms with Gasteiger partial charge in [-0.25, -0.2) is 4.79 Å². The number of ether oxygens (including phenoxy) is 1. The van der Waals surface area contributed by atoms with Crippen molar-refractivity contribution < 1.29 is 19.4 Å². The van der Waals surface area contributed by atoms with Crippen molar-refractivity contribution in [1.29, 1.82) is 0 Å². The number of thiocarbonyl (C=S) groups is 1. The van der Waals surface area contributed by atoms with E-state index in [4.69, 9.17) is 17.0 Å². The molecule has 0 spiro atoms. The van der Waals surface area contributed by atoms with Gasteiger partial charge in [-0.1, -0.05) is 12.1 Å². The number of hydrogen-bond acceptors (Lipinski definition) is 4. The molecule has 2 aromatic rings. The van der Waals surface area contributed by atoms with E-state index in [2.05, 4.69) is 10.6 Å². The summed E-state index contributed by atoms with van der Waals surface area (Å²) in [6, 6.07) is 11.5. The second kappa shape index (κ2) is 8.06. The Bertz CT molecular complexity index is 810. The first-order valence-electron chi connectivity index (χ1n) is 6.70. The van der Waals surface area contributed by atoms with Crippen LogP contribution in [0.4, 0.5) is 5.69 Å². The molecule has 0 heterocycles. The number of carbonyl (C=O) groups is 2. The maximum absolute atomic E-state index is 12.3. The Morgan fingerprint density at radius 2 is 1.88 bits per heavy atom. The van der Waals surface area contributed by atoms with Crippen molar-refractivity contribution in [1.82, 2.24) is 5.32 Å². The summed E-state index contributed by atoms with van der Waals surface area (Å²) in [5, 5.41) is 14.5. The SMILES string of the molecule is COc1ccccc1C(=O)NC(=S)Nc1ccc(I)cc1C(=O)O. The third kappa shape index (κ3) is 4.42.